The van der Waals surface area contributed by atoms with Crippen LogP contribution >= 0.6 is 11.6 Å². The normalized spacial score (nSPS) is 10.5. The van der Waals surface area contributed by atoms with Crippen LogP contribution in [0.3, 0.4) is 0 Å². The number of hydrogen-bond donors (Lipinski definition) is 0. The minimum absolute atomic E-state index is 0.186. The molecule has 0 bridgehead atoms. The third-order valence-electron chi connectivity index (χ3n) is 3.37. The quantitative estimate of drug-likeness (QED) is 0.504. The van der Waals surface area contributed by atoms with Gasteiger partial charge in [-0.2, -0.15) is 4.98 Å². The SMILES string of the molecule is Cc1nc(COc2ccc(C(=O)Oc3ccc(Cl)cc3C)cc2)no1. The summed E-state index contributed by atoms with van der Waals surface area (Å²) in [6.07, 6.45) is 0. The van der Waals surface area contributed by atoms with Gasteiger partial charge in [0.05, 0.1) is 5.56 Å². The van der Waals surface area contributed by atoms with E-state index in [0.29, 0.717) is 33.8 Å². The first-order chi connectivity index (χ1) is 12.0. The molecule has 0 N–H and O–H groups in total. The first kappa shape index (κ1) is 17.0. The summed E-state index contributed by atoms with van der Waals surface area (Å²) >= 11 is 5.89. The molecule has 0 atom stereocenters. The Morgan fingerprint density at radius 2 is 1.92 bits per heavy atom. The van der Waals surface area contributed by atoms with Crippen molar-refractivity contribution in [1.82, 2.24) is 10.1 Å². The van der Waals surface area contributed by atoms with Gasteiger partial charge in [0, 0.05) is 11.9 Å². The Balaban J connectivity index is 1.62. The van der Waals surface area contributed by atoms with Gasteiger partial charge in [-0.25, -0.2) is 4.79 Å². The number of nitrogens with zero attached hydrogens (tertiary/aromatic N) is 2. The molecule has 0 aliphatic carbocycles. The van der Waals surface area contributed by atoms with Gasteiger partial charge >= 0.3 is 5.97 Å². The lowest BCUT2D eigenvalue weighted by atomic mass is 10.2. The van der Waals surface area contributed by atoms with Gasteiger partial charge in [-0.1, -0.05) is 16.8 Å². The lowest BCUT2D eigenvalue weighted by Gasteiger charge is -2.08. The van der Waals surface area contributed by atoms with Crippen LogP contribution in [-0.4, -0.2) is 16.1 Å². The molecule has 2 aromatic carbocycles. The first-order valence-corrected chi connectivity index (χ1v) is 7.89. The van der Waals surface area contributed by atoms with Gasteiger partial charge in [0.25, 0.3) is 0 Å². The molecule has 25 heavy (non-hydrogen) atoms. The van der Waals surface area contributed by atoms with E-state index in [1.807, 2.05) is 6.92 Å². The van der Waals surface area contributed by atoms with E-state index in [9.17, 15) is 4.79 Å². The van der Waals surface area contributed by atoms with Gasteiger partial charge in [-0.05, 0) is 55.0 Å². The molecule has 1 aromatic heterocycles. The number of benzene rings is 2. The van der Waals surface area contributed by atoms with Crippen LogP contribution in [0.4, 0.5) is 0 Å². The zero-order chi connectivity index (χ0) is 17.8. The zero-order valence-corrected chi connectivity index (χ0v) is 14.4. The Hall–Kier alpha value is -2.86. The monoisotopic (exact) mass is 358 g/mol. The highest BCUT2D eigenvalue weighted by atomic mass is 35.5. The third-order valence-corrected chi connectivity index (χ3v) is 3.60. The Morgan fingerprint density at radius 3 is 2.56 bits per heavy atom. The van der Waals surface area contributed by atoms with Crippen LogP contribution in [0.1, 0.15) is 27.6 Å². The molecular formula is C18H15ClN2O4. The van der Waals surface area contributed by atoms with E-state index < -0.39 is 5.97 Å². The van der Waals surface area contributed by atoms with Crippen LogP contribution in [0.2, 0.25) is 5.02 Å². The molecule has 6 nitrogen and oxygen atoms in total. The molecule has 0 saturated heterocycles. The summed E-state index contributed by atoms with van der Waals surface area (Å²) in [4.78, 5) is 16.3. The Bertz CT molecular complexity index is 890. The summed E-state index contributed by atoms with van der Waals surface area (Å²) in [6.45, 7) is 3.72. The van der Waals surface area contributed by atoms with Crippen molar-refractivity contribution in [3.05, 3.63) is 70.3 Å². The number of halogens is 1. The van der Waals surface area contributed by atoms with Crippen molar-refractivity contribution in [1.29, 1.82) is 0 Å². The summed E-state index contributed by atoms with van der Waals surface area (Å²) in [5.41, 5.74) is 1.20. The van der Waals surface area contributed by atoms with Gasteiger partial charge in [-0.3, -0.25) is 0 Å². The molecule has 0 spiro atoms. The van der Waals surface area contributed by atoms with Crippen LogP contribution in [0.25, 0.3) is 0 Å². The summed E-state index contributed by atoms with van der Waals surface area (Å²) in [7, 11) is 0. The standard InChI is InChI=1S/C18H15ClN2O4/c1-11-9-14(19)5-8-16(11)24-18(22)13-3-6-15(7-4-13)23-10-17-20-12(2)25-21-17/h3-9H,10H2,1-2H3. The fourth-order valence-corrected chi connectivity index (χ4v) is 2.35. The molecule has 7 heteroatoms. The van der Waals surface area contributed by atoms with E-state index in [0.717, 1.165) is 5.56 Å². The Kier molecular flexibility index (Phi) is 5.00. The van der Waals surface area contributed by atoms with Crippen LogP contribution < -0.4 is 9.47 Å². The van der Waals surface area contributed by atoms with E-state index in [-0.39, 0.29) is 6.61 Å². The molecule has 0 aliphatic heterocycles. The van der Waals surface area contributed by atoms with E-state index in [4.69, 9.17) is 25.6 Å². The molecular weight excluding hydrogens is 344 g/mol. The topological polar surface area (TPSA) is 74.5 Å². The van der Waals surface area contributed by atoms with Crippen LogP contribution in [0.15, 0.2) is 47.0 Å². The summed E-state index contributed by atoms with van der Waals surface area (Å²) < 4.78 is 15.8. The van der Waals surface area contributed by atoms with Gasteiger partial charge in [-0.15, -0.1) is 0 Å². The number of ether oxygens (including phenoxy) is 2. The van der Waals surface area contributed by atoms with Crippen LogP contribution in [-0.2, 0) is 6.61 Å². The molecule has 0 saturated carbocycles. The highest BCUT2D eigenvalue weighted by Crippen LogP contribution is 2.23. The number of aromatic nitrogens is 2. The van der Waals surface area contributed by atoms with Gasteiger partial charge in [0.1, 0.15) is 11.5 Å². The molecule has 128 valence electrons. The molecule has 0 aliphatic rings. The summed E-state index contributed by atoms with van der Waals surface area (Å²) in [5, 5.41) is 4.34. The largest absolute Gasteiger partial charge is 0.485 e. The van der Waals surface area contributed by atoms with Crippen molar-refractivity contribution >= 4 is 17.6 Å². The predicted molar refractivity (Wildman–Crippen MR) is 91.0 cm³/mol. The smallest absolute Gasteiger partial charge is 0.343 e. The van der Waals surface area contributed by atoms with E-state index >= 15 is 0 Å². The predicted octanol–water partition coefficient (Wildman–Crippen LogP) is 4.14. The van der Waals surface area contributed by atoms with Crippen molar-refractivity contribution in [2.75, 3.05) is 0 Å². The minimum atomic E-state index is -0.453. The lowest BCUT2D eigenvalue weighted by Crippen LogP contribution is -2.09. The third kappa shape index (κ3) is 4.36. The van der Waals surface area contributed by atoms with Crippen molar-refractivity contribution < 1.29 is 18.8 Å². The van der Waals surface area contributed by atoms with Gasteiger partial charge in [0.15, 0.2) is 6.61 Å². The average Bonchev–Trinajstić information content (AvgIpc) is 3.01. The molecule has 3 aromatic rings. The van der Waals surface area contributed by atoms with E-state index in [2.05, 4.69) is 10.1 Å². The molecule has 0 unspecified atom stereocenters. The molecule has 0 fully saturated rings. The van der Waals surface area contributed by atoms with Crippen LogP contribution in [0.5, 0.6) is 11.5 Å². The lowest BCUT2D eigenvalue weighted by molar-refractivity contribution is 0.0733. The number of carbonyl (C=O) groups is 1. The molecule has 3 rings (SSSR count). The summed E-state index contributed by atoms with van der Waals surface area (Å²) in [6, 6.07) is 11.7. The molecule has 0 amide bonds. The first-order valence-electron chi connectivity index (χ1n) is 7.51. The number of esters is 1. The molecule has 1 heterocycles. The maximum Gasteiger partial charge on any atom is 0.343 e. The second-order valence-electron chi connectivity index (χ2n) is 5.34. The molecule has 0 radical (unpaired) electrons. The van der Waals surface area contributed by atoms with Crippen molar-refractivity contribution in [3.8, 4) is 11.5 Å². The number of aryl methyl sites for hydroxylation is 2. The summed E-state index contributed by atoms with van der Waals surface area (Å²) in [5.74, 6) is 1.54. The van der Waals surface area contributed by atoms with Crippen molar-refractivity contribution in [3.63, 3.8) is 0 Å². The van der Waals surface area contributed by atoms with Gasteiger partial charge in [0.2, 0.25) is 11.7 Å². The second-order valence-corrected chi connectivity index (χ2v) is 5.78. The Labute approximate surface area is 149 Å². The fraction of sp³-hybridized carbons (Fsp3) is 0.167. The maximum atomic E-state index is 12.2. The average molecular weight is 359 g/mol. The van der Waals surface area contributed by atoms with E-state index in [1.165, 1.54) is 0 Å². The number of rotatable bonds is 5. The zero-order valence-electron chi connectivity index (χ0n) is 13.7. The second kappa shape index (κ2) is 7.36. The number of carbonyl (C=O) groups excluding carboxylic acids is 1. The van der Waals surface area contributed by atoms with Gasteiger partial charge < -0.3 is 14.0 Å². The Morgan fingerprint density at radius 1 is 1.16 bits per heavy atom. The maximum absolute atomic E-state index is 12.2. The fourth-order valence-electron chi connectivity index (χ4n) is 2.12. The van der Waals surface area contributed by atoms with E-state index in [1.54, 1.807) is 49.4 Å². The highest BCUT2D eigenvalue weighted by molar-refractivity contribution is 6.30. The minimum Gasteiger partial charge on any atom is -0.485 e. The van der Waals surface area contributed by atoms with Crippen LogP contribution in [0, 0.1) is 13.8 Å². The van der Waals surface area contributed by atoms with Crippen molar-refractivity contribution in [2.45, 2.75) is 20.5 Å². The highest BCUT2D eigenvalue weighted by Gasteiger charge is 2.11. The van der Waals surface area contributed by atoms with Crippen molar-refractivity contribution in [2.24, 2.45) is 0 Å². The number of hydrogen-bond acceptors (Lipinski definition) is 6.